The molecule has 7 heteroatoms. The number of nitrogens with zero attached hydrogens (tertiary/aromatic N) is 1. The highest BCUT2D eigenvalue weighted by molar-refractivity contribution is 7.90. The van der Waals surface area contributed by atoms with Gasteiger partial charge in [0.15, 0.2) is 0 Å². The first-order valence-corrected chi connectivity index (χ1v) is 12.8. The summed E-state index contributed by atoms with van der Waals surface area (Å²) in [5.41, 5.74) is 2.26. The zero-order chi connectivity index (χ0) is 22.1. The van der Waals surface area contributed by atoms with Gasteiger partial charge in [-0.3, -0.25) is 4.79 Å². The van der Waals surface area contributed by atoms with Gasteiger partial charge in [-0.15, -0.1) is 0 Å². The zero-order valence-corrected chi connectivity index (χ0v) is 18.8. The van der Waals surface area contributed by atoms with E-state index in [-0.39, 0.29) is 16.8 Å². The number of ether oxygens (including phenoxy) is 1. The molecule has 1 atom stereocenters. The number of carbonyl (C=O) groups excluding carboxylic acids is 1. The predicted molar refractivity (Wildman–Crippen MR) is 123 cm³/mol. The van der Waals surface area contributed by atoms with Crippen molar-refractivity contribution in [2.45, 2.75) is 55.4 Å². The minimum atomic E-state index is -3.78. The topological polar surface area (TPSA) is 77.4 Å². The van der Waals surface area contributed by atoms with Crippen LogP contribution < -0.4 is 5.32 Å². The average molecular weight is 453 g/mol. The molecular formula is C25H28N2O4S. The van der Waals surface area contributed by atoms with Gasteiger partial charge in [-0.1, -0.05) is 31.0 Å². The van der Waals surface area contributed by atoms with E-state index in [2.05, 4.69) is 5.32 Å². The standard InChI is InChI=1S/C25H28N2O4S/c28-25(26-20-8-5-15-31-17-20)19-11-13-21(14-12-19)32(29,30)27-16-23(18-6-1-2-7-18)22-9-3-4-10-24(22)27/h3-4,9-14,16,18,20H,1-2,5-8,15,17H2,(H,26,28). The number of fused-ring (bicyclic) bond motifs is 1. The summed E-state index contributed by atoms with van der Waals surface area (Å²) in [5.74, 6) is 0.200. The molecule has 2 aliphatic rings. The van der Waals surface area contributed by atoms with E-state index in [0.717, 1.165) is 43.2 Å². The maximum Gasteiger partial charge on any atom is 0.268 e. The van der Waals surface area contributed by atoms with E-state index in [9.17, 15) is 13.2 Å². The molecule has 2 heterocycles. The van der Waals surface area contributed by atoms with Crippen LogP contribution in [0.15, 0.2) is 59.6 Å². The van der Waals surface area contributed by atoms with Crippen molar-refractivity contribution >= 4 is 26.8 Å². The average Bonchev–Trinajstić information content (AvgIpc) is 3.48. The minimum absolute atomic E-state index is 0.0000868. The van der Waals surface area contributed by atoms with Crippen LogP contribution in [0.5, 0.6) is 0 Å². The van der Waals surface area contributed by atoms with Gasteiger partial charge in [0, 0.05) is 23.8 Å². The number of rotatable bonds is 5. The lowest BCUT2D eigenvalue weighted by Crippen LogP contribution is -2.40. The molecule has 0 spiro atoms. The van der Waals surface area contributed by atoms with Crippen molar-refractivity contribution in [1.82, 2.24) is 9.29 Å². The Morgan fingerprint density at radius 1 is 0.969 bits per heavy atom. The fourth-order valence-electron chi connectivity index (χ4n) is 4.95. The second-order valence-electron chi connectivity index (χ2n) is 8.80. The molecular weight excluding hydrogens is 424 g/mol. The third-order valence-electron chi connectivity index (χ3n) is 6.67. The highest BCUT2D eigenvalue weighted by Crippen LogP contribution is 2.39. The number of carbonyl (C=O) groups is 1. The molecule has 2 aromatic carbocycles. The highest BCUT2D eigenvalue weighted by atomic mass is 32.2. The molecule has 5 rings (SSSR count). The van der Waals surface area contributed by atoms with Crippen LogP contribution in [0.25, 0.3) is 10.9 Å². The van der Waals surface area contributed by atoms with Crippen LogP contribution in [0.3, 0.4) is 0 Å². The van der Waals surface area contributed by atoms with Gasteiger partial charge in [0.25, 0.3) is 15.9 Å². The van der Waals surface area contributed by atoms with Crippen LogP contribution in [0.4, 0.5) is 0 Å². The van der Waals surface area contributed by atoms with Crippen LogP contribution in [0.1, 0.15) is 60.4 Å². The van der Waals surface area contributed by atoms with Gasteiger partial charge in [-0.05, 0) is 67.5 Å². The van der Waals surface area contributed by atoms with E-state index in [0.29, 0.717) is 23.6 Å². The Morgan fingerprint density at radius 2 is 1.72 bits per heavy atom. The van der Waals surface area contributed by atoms with E-state index in [4.69, 9.17) is 4.74 Å². The third-order valence-corrected chi connectivity index (χ3v) is 8.36. The Bertz CT molecular complexity index is 1220. The minimum Gasteiger partial charge on any atom is -0.379 e. The summed E-state index contributed by atoms with van der Waals surface area (Å²) in [5, 5.41) is 3.97. The van der Waals surface area contributed by atoms with E-state index in [1.54, 1.807) is 18.3 Å². The lowest BCUT2D eigenvalue weighted by Gasteiger charge is -2.23. The Hall–Kier alpha value is -2.64. The summed E-state index contributed by atoms with van der Waals surface area (Å²) in [4.78, 5) is 12.7. The molecule has 2 fully saturated rings. The first-order chi connectivity index (χ1) is 15.5. The van der Waals surface area contributed by atoms with Crippen molar-refractivity contribution in [3.05, 3.63) is 65.9 Å². The Morgan fingerprint density at radius 3 is 2.44 bits per heavy atom. The van der Waals surface area contributed by atoms with Crippen LogP contribution in [0.2, 0.25) is 0 Å². The van der Waals surface area contributed by atoms with Crippen LogP contribution in [-0.2, 0) is 14.8 Å². The fraction of sp³-hybridized carbons (Fsp3) is 0.400. The lowest BCUT2D eigenvalue weighted by atomic mass is 9.97. The van der Waals surface area contributed by atoms with E-state index in [1.165, 1.54) is 28.9 Å². The number of hydrogen-bond donors (Lipinski definition) is 1. The first kappa shape index (κ1) is 21.2. The lowest BCUT2D eigenvalue weighted by molar-refractivity contribution is 0.0624. The quantitative estimate of drug-likeness (QED) is 0.621. The van der Waals surface area contributed by atoms with Gasteiger partial charge in [0.2, 0.25) is 0 Å². The number of amides is 1. The molecule has 0 radical (unpaired) electrons. The number of hydrogen-bond acceptors (Lipinski definition) is 4. The molecule has 1 saturated heterocycles. The third kappa shape index (κ3) is 3.95. The smallest absolute Gasteiger partial charge is 0.268 e. The maximum absolute atomic E-state index is 13.5. The fourth-order valence-corrected chi connectivity index (χ4v) is 6.33. The molecule has 1 aliphatic heterocycles. The highest BCUT2D eigenvalue weighted by Gasteiger charge is 2.26. The number of nitrogens with one attached hydrogen (secondary N) is 1. The molecule has 168 valence electrons. The molecule has 1 saturated carbocycles. The van der Waals surface area contributed by atoms with Crippen molar-refractivity contribution in [3.8, 4) is 0 Å². The molecule has 1 amide bonds. The van der Waals surface area contributed by atoms with Crippen molar-refractivity contribution in [2.75, 3.05) is 13.2 Å². The summed E-state index contributed by atoms with van der Waals surface area (Å²) >= 11 is 0. The second kappa shape index (κ2) is 8.71. The van der Waals surface area contributed by atoms with Crippen molar-refractivity contribution < 1.29 is 17.9 Å². The Labute approximate surface area is 188 Å². The van der Waals surface area contributed by atoms with Gasteiger partial charge in [0.1, 0.15) is 0 Å². The molecule has 1 N–H and O–H groups in total. The number of para-hydroxylation sites is 1. The molecule has 1 unspecified atom stereocenters. The summed E-state index contributed by atoms with van der Waals surface area (Å²) in [6, 6.07) is 13.9. The number of aromatic nitrogens is 1. The van der Waals surface area contributed by atoms with E-state index < -0.39 is 10.0 Å². The molecule has 3 aromatic rings. The molecule has 1 aliphatic carbocycles. The SMILES string of the molecule is O=C(NC1CCCOC1)c1ccc(S(=O)(=O)n2cc(C3CCCC3)c3ccccc32)cc1. The maximum atomic E-state index is 13.5. The van der Waals surface area contributed by atoms with E-state index >= 15 is 0 Å². The summed E-state index contributed by atoms with van der Waals surface area (Å²) in [7, 11) is -3.78. The van der Waals surface area contributed by atoms with Crippen molar-refractivity contribution in [2.24, 2.45) is 0 Å². The molecule has 1 aromatic heterocycles. The Balaban J connectivity index is 1.43. The van der Waals surface area contributed by atoms with Gasteiger partial charge in [-0.25, -0.2) is 12.4 Å². The summed E-state index contributed by atoms with van der Waals surface area (Å²) in [6.45, 7) is 1.25. The molecule has 6 nitrogen and oxygen atoms in total. The first-order valence-electron chi connectivity index (χ1n) is 11.4. The monoisotopic (exact) mass is 452 g/mol. The van der Waals surface area contributed by atoms with Gasteiger partial charge in [0.05, 0.1) is 23.1 Å². The van der Waals surface area contributed by atoms with E-state index in [1.807, 2.05) is 24.3 Å². The second-order valence-corrected chi connectivity index (χ2v) is 10.6. The van der Waals surface area contributed by atoms with Gasteiger partial charge < -0.3 is 10.1 Å². The zero-order valence-electron chi connectivity index (χ0n) is 18.0. The Kier molecular flexibility index (Phi) is 5.78. The number of benzene rings is 2. The van der Waals surface area contributed by atoms with Crippen LogP contribution >= 0.6 is 0 Å². The van der Waals surface area contributed by atoms with Crippen molar-refractivity contribution in [3.63, 3.8) is 0 Å². The molecule has 32 heavy (non-hydrogen) atoms. The summed E-state index contributed by atoms with van der Waals surface area (Å²) < 4.78 is 33.9. The van der Waals surface area contributed by atoms with Crippen LogP contribution in [0, 0.1) is 0 Å². The predicted octanol–water partition coefficient (Wildman–Crippen LogP) is 4.44. The molecule has 0 bridgehead atoms. The van der Waals surface area contributed by atoms with Gasteiger partial charge in [-0.2, -0.15) is 0 Å². The van der Waals surface area contributed by atoms with Crippen molar-refractivity contribution in [1.29, 1.82) is 0 Å². The summed E-state index contributed by atoms with van der Waals surface area (Å²) in [6.07, 6.45) is 8.20. The normalized spacial score (nSPS) is 19.9. The van der Waals surface area contributed by atoms with Crippen LogP contribution in [-0.4, -0.2) is 37.6 Å². The largest absolute Gasteiger partial charge is 0.379 e. The van der Waals surface area contributed by atoms with Gasteiger partial charge >= 0.3 is 0 Å².